The molecule has 1 aliphatic carbocycles. The van der Waals surface area contributed by atoms with Crippen LogP contribution in [0.25, 0.3) is 0 Å². The molecule has 0 radical (unpaired) electrons. The van der Waals surface area contributed by atoms with Crippen LogP contribution in [-0.2, 0) is 20.9 Å². The first kappa shape index (κ1) is 10.4. The molecule has 0 N–H and O–H groups in total. The maximum Gasteiger partial charge on any atom is 0.220 e. The van der Waals surface area contributed by atoms with Crippen molar-refractivity contribution in [2.75, 3.05) is 0 Å². The molecular formula is C13H10O3. The SMILES string of the molecule is O=C1C=CC(=O)C(OCc2ccccc2)=C1. The fraction of sp³-hybridized carbons (Fsp3) is 0.0769. The second-order valence-electron chi connectivity index (χ2n) is 3.38. The molecule has 0 spiro atoms. The largest absolute Gasteiger partial charge is 0.485 e. The predicted molar refractivity (Wildman–Crippen MR) is 58.5 cm³/mol. The van der Waals surface area contributed by atoms with E-state index in [2.05, 4.69) is 0 Å². The molecule has 0 aromatic heterocycles. The highest BCUT2D eigenvalue weighted by molar-refractivity contribution is 6.16. The minimum absolute atomic E-state index is 0.108. The Morgan fingerprint density at radius 2 is 1.75 bits per heavy atom. The number of rotatable bonds is 3. The molecule has 0 saturated heterocycles. The highest BCUT2D eigenvalue weighted by Gasteiger charge is 2.14. The Kier molecular flexibility index (Phi) is 2.96. The maximum atomic E-state index is 11.3. The lowest BCUT2D eigenvalue weighted by Gasteiger charge is -2.09. The molecule has 0 bridgehead atoms. The lowest BCUT2D eigenvalue weighted by molar-refractivity contribution is -0.117. The number of allylic oxidation sites excluding steroid dienone is 3. The summed E-state index contributed by atoms with van der Waals surface area (Å²) < 4.78 is 5.29. The first-order valence-electron chi connectivity index (χ1n) is 4.90. The van der Waals surface area contributed by atoms with Crippen molar-refractivity contribution in [1.29, 1.82) is 0 Å². The van der Waals surface area contributed by atoms with Crippen molar-refractivity contribution in [1.82, 2.24) is 0 Å². The fourth-order valence-electron chi connectivity index (χ4n) is 1.34. The van der Waals surface area contributed by atoms with Crippen LogP contribution >= 0.6 is 0 Å². The van der Waals surface area contributed by atoms with E-state index in [0.29, 0.717) is 6.61 Å². The van der Waals surface area contributed by atoms with Gasteiger partial charge in [0.2, 0.25) is 5.78 Å². The predicted octanol–water partition coefficient (Wildman–Crippen LogP) is 1.80. The van der Waals surface area contributed by atoms with Gasteiger partial charge in [0.1, 0.15) is 6.61 Å². The van der Waals surface area contributed by atoms with E-state index in [0.717, 1.165) is 5.56 Å². The van der Waals surface area contributed by atoms with Gasteiger partial charge in [0.05, 0.1) is 0 Å². The van der Waals surface area contributed by atoms with Crippen LogP contribution in [0.3, 0.4) is 0 Å². The van der Waals surface area contributed by atoms with Crippen LogP contribution in [0.1, 0.15) is 5.56 Å². The monoisotopic (exact) mass is 214 g/mol. The van der Waals surface area contributed by atoms with Gasteiger partial charge in [-0.15, -0.1) is 0 Å². The number of carbonyl (C=O) groups excluding carboxylic acids is 2. The number of hydrogen-bond donors (Lipinski definition) is 0. The summed E-state index contributed by atoms with van der Waals surface area (Å²) in [6, 6.07) is 9.47. The summed E-state index contributed by atoms with van der Waals surface area (Å²) in [5.41, 5.74) is 0.957. The summed E-state index contributed by atoms with van der Waals surface area (Å²) in [5, 5.41) is 0. The van der Waals surface area contributed by atoms with Crippen molar-refractivity contribution in [3.63, 3.8) is 0 Å². The number of ketones is 2. The first-order chi connectivity index (χ1) is 7.75. The minimum atomic E-state index is -0.268. The Labute approximate surface area is 93.0 Å². The van der Waals surface area contributed by atoms with Gasteiger partial charge >= 0.3 is 0 Å². The average molecular weight is 214 g/mol. The van der Waals surface area contributed by atoms with Crippen molar-refractivity contribution >= 4 is 11.6 Å². The second kappa shape index (κ2) is 4.57. The lowest BCUT2D eigenvalue weighted by atomic mass is 10.1. The number of hydrogen-bond acceptors (Lipinski definition) is 3. The molecule has 0 aliphatic heterocycles. The molecule has 16 heavy (non-hydrogen) atoms. The Morgan fingerprint density at radius 1 is 1.00 bits per heavy atom. The molecule has 80 valence electrons. The molecule has 0 fully saturated rings. The third kappa shape index (κ3) is 2.45. The molecule has 1 aromatic carbocycles. The topological polar surface area (TPSA) is 43.4 Å². The Bertz CT molecular complexity index is 469. The van der Waals surface area contributed by atoms with E-state index in [1.165, 1.54) is 18.2 Å². The highest BCUT2D eigenvalue weighted by atomic mass is 16.5. The smallest absolute Gasteiger partial charge is 0.220 e. The van der Waals surface area contributed by atoms with E-state index in [-0.39, 0.29) is 17.3 Å². The molecule has 0 saturated carbocycles. The summed E-state index contributed by atoms with van der Waals surface area (Å²) >= 11 is 0. The van der Waals surface area contributed by atoms with Gasteiger partial charge in [-0.05, 0) is 17.7 Å². The van der Waals surface area contributed by atoms with Gasteiger partial charge in [-0.1, -0.05) is 30.3 Å². The molecule has 3 nitrogen and oxygen atoms in total. The normalized spacial score (nSPS) is 14.9. The zero-order chi connectivity index (χ0) is 11.4. The Hall–Kier alpha value is -2.16. The van der Waals surface area contributed by atoms with E-state index >= 15 is 0 Å². The maximum absolute atomic E-state index is 11.3. The van der Waals surface area contributed by atoms with Crippen LogP contribution < -0.4 is 0 Å². The first-order valence-corrected chi connectivity index (χ1v) is 4.90. The number of ether oxygens (including phenoxy) is 1. The molecule has 0 heterocycles. The molecule has 2 rings (SSSR count). The van der Waals surface area contributed by atoms with Crippen LogP contribution in [0.4, 0.5) is 0 Å². The van der Waals surface area contributed by atoms with Gasteiger partial charge in [-0.2, -0.15) is 0 Å². The third-order valence-corrected chi connectivity index (χ3v) is 2.15. The van der Waals surface area contributed by atoms with Gasteiger partial charge in [0.25, 0.3) is 0 Å². The van der Waals surface area contributed by atoms with Crippen LogP contribution in [0.5, 0.6) is 0 Å². The van der Waals surface area contributed by atoms with E-state index in [1.807, 2.05) is 30.3 Å². The fourth-order valence-corrected chi connectivity index (χ4v) is 1.34. The van der Waals surface area contributed by atoms with Gasteiger partial charge in [0.15, 0.2) is 11.5 Å². The van der Waals surface area contributed by atoms with E-state index in [1.54, 1.807) is 0 Å². The highest BCUT2D eigenvalue weighted by Crippen LogP contribution is 2.10. The van der Waals surface area contributed by atoms with Crippen LogP contribution in [0, 0.1) is 0 Å². The quantitative estimate of drug-likeness (QED) is 0.720. The summed E-state index contributed by atoms with van der Waals surface area (Å²) in [6.45, 7) is 0.291. The van der Waals surface area contributed by atoms with Gasteiger partial charge < -0.3 is 4.74 Å². The van der Waals surface area contributed by atoms with Gasteiger partial charge in [-0.25, -0.2) is 0 Å². The third-order valence-electron chi connectivity index (χ3n) is 2.15. The van der Waals surface area contributed by atoms with Crippen molar-refractivity contribution in [3.05, 3.63) is 59.9 Å². The summed E-state index contributed by atoms with van der Waals surface area (Å²) in [4.78, 5) is 22.4. The molecule has 1 aliphatic rings. The standard InChI is InChI=1S/C13H10O3/c14-11-6-7-12(15)13(8-11)16-9-10-4-2-1-3-5-10/h1-8H,9H2. The van der Waals surface area contributed by atoms with Crippen LogP contribution in [0.2, 0.25) is 0 Å². The average Bonchev–Trinajstić information content (AvgIpc) is 2.32. The summed E-state index contributed by atoms with van der Waals surface area (Å²) in [6.07, 6.45) is 3.67. The Morgan fingerprint density at radius 3 is 2.50 bits per heavy atom. The van der Waals surface area contributed by atoms with Crippen LogP contribution in [0.15, 0.2) is 54.3 Å². The van der Waals surface area contributed by atoms with Crippen LogP contribution in [-0.4, -0.2) is 11.6 Å². The molecule has 0 unspecified atom stereocenters. The van der Waals surface area contributed by atoms with Crippen molar-refractivity contribution in [3.8, 4) is 0 Å². The zero-order valence-corrected chi connectivity index (χ0v) is 8.55. The number of carbonyl (C=O) groups is 2. The molecule has 0 amide bonds. The van der Waals surface area contributed by atoms with Crippen molar-refractivity contribution < 1.29 is 14.3 Å². The van der Waals surface area contributed by atoms with Crippen molar-refractivity contribution in [2.45, 2.75) is 6.61 Å². The number of benzene rings is 1. The lowest BCUT2D eigenvalue weighted by Crippen LogP contribution is -2.10. The molecule has 1 aromatic rings. The zero-order valence-electron chi connectivity index (χ0n) is 8.55. The van der Waals surface area contributed by atoms with Gasteiger partial charge in [-0.3, -0.25) is 9.59 Å². The summed E-state index contributed by atoms with van der Waals surface area (Å²) in [5.74, 6) is -0.380. The molecule has 0 atom stereocenters. The molecular weight excluding hydrogens is 204 g/mol. The van der Waals surface area contributed by atoms with Gasteiger partial charge in [0, 0.05) is 6.08 Å². The Balaban J connectivity index is 2.01. The minimum Gasteiger partial charge on any atom is -0.485 e. The van der Waals surface area contributed by atoms with E-state index < -0.39 is 0 Å². The van der Waals surface area contributed by atoms with E-state index in [4.69, 9.17) is 4.74 Å². The molecule has 3 heteroatoms. The second-order valence-corrected chi connectivity index (χ2v) is 3.38. The van der Waals surface area contributed by atoms with E-state index in [9.17, 15) is 9.59 Å². The summed E-state index contributed by atoms with van der Waals surface area (Å²) in [7, 11) is 0. The van der Waals surface area contributed by atoms with Crippen molar-refractivity contribution in [2.24, 2.45) is 0 Å².